The minimum atomic E-state index is -4.51. The Morgan fingerprint density at radius 1 is 1.12 bits per heavy atom. The number of alkyl halides is 3. The van der Waals surface area contributed by atoms with Gasteiger partial charge in [-0.25, -0.2) is 4.98 Å². The van der Waals surface area contributed by atoms with Crippen molar-refractivity contribution in [3.63, 3.8) is 0 Å². The second-order valence-corrected chi connectivity index (χ2v) is 6.30. The third kappa shape index (κ3) is 4.21. The van der Waals surface area contributed by atoms with Gasteiger partial charge >= 0.3 is 6.18 Å². The highest BCUT2D eigenvalue weighted by Crippen LogP contribution is 2.31. The maximum absolute atomic E-state index is 13.1. The van der Waals surface area contributed by atoms with Gasteiger partial charge in [0.05, 0.1) is 6.54 Å². The monoisotopic (exact) mass is 371 g/mol. The fourth-order valence-electron chi connectivity index (χ4n) is 2.65. The van der Waals surface area contributed by atoms with Crippen LogP contribution >= 0.6 is 0 Å². The fourth-order valence-corrected chi connectivity index (χ4v) is 2.65. The fraction of sp³-hybridized carbons (Fsp3) is 0.600. The molecular formula is C15H20F3N7O. The smallest absolute Gasteiger partial charge is 0.363 e. The lowest BCUT2D eigenvalue weighted by Gasteiger charge is -2.34. The molecule has 0 saturated carbocycles. The highest BCUT2D eigenvalue weighted by molar-refractivity contribution is 5.45. The first-order valence-electron chi connectivity index (χ1n) is 8.12. The van der Waals surface area contributed by atoms with Crippen molar-refractivity contribution in [2.75, 3.05) is 50.1 Å². The third-order valence-corrected chi connectivity index (χ3v) is 4.04. The van der Waals surface area contributed by atoms with E-state index in [-0.39, 0.29) is 11.8 Å². The second-order valence-electron chi connectivity index (χ2n) is 6.30. The summed E-state index contributed by atoms with van der Waals surface area (Å²) in [5.74, 6) is 1.43. The van der Waals surface area contributed by atoms with Crippen LogP contribution in [0.4, 0.5) is 24.9 Å². The van der Waals surface area contributed by atoms with Crippen molar-refractivity contribution >= 4 is 11.8 Å². The summed E-state index contributed by atoms with van der Waals surface area (Å²) in [6, 6.07) is 0.957. The lowest BCUT2D eigenvalue weighted by Crippen LogP contribution is -2.46. The SMILES string of the molecule is Cc1nc(CN2CCN(c3nc(N(C)C)cc(C(F)(F)F)n3)CC2)no1. The molecule has 142 valence electrons. The Kier molecular flexibility index (Phi) is 4.99. The van der Waals surface area contributed by atoms with E-state index in [9.17, 15) is 13.2 Å². The molecule has 11 heteroatoms. The van der Waals surface area contributed by atoms with Gasteiger partial charge in [-0.3, -0.25) is 4.90 Å². The second kappa shape index (κ2) is 7.06. The molecule has 0 unspecified atom stereocenters. The van der Waals surface area contributed by atoms with Crippen LogP contribution in [-0.2, 0) is 12.7 Å². The van der Waals surface area contributed by atoms with Crippen molar-refractivity contribution in [3.05, 3.63) is 23.5 Å². The number of halogens is 3. The Morgan fingerprint density at radius 3 is 2.35 bits per heavy atom. The molecule has 0 aliphatic carbocycles. The molecule has 3 rings (SSSR count). The quantitative estimate of drug-likeness (QED) is 0.802. The molecule has 0 amide bonds. The molecule has 1 saturated heterocycles. The van der Waals surface area contributed by atoms with Gasteiger partial charge in [0, 0.05) is 53.3 Å². The van der Waals surface area contributed by atoms with Crippen LogP contribution in [0.5, 0.6) is 0 Å². The highest BCUT2D eigenvalue weighted by Gasteiger charge is 2.35. The number of anilines is 2. The summed E-state index contributed by atoms with van der Waals surface area (Å²) in [6.07, 6.45) is -4.51. The zero-order chi connectivity index (χ0) is 18.9. The molecule has 0 atom stereocenters. The van der Waals surface area contributed by atoms with Gasteiger partial charge < -0.3 is 14.3 Å². The number of piperazine rings is 1. The van der Waals surface area contributed by atoms with Gasteiger partial charge in [-0.2, -0.15) is 23.1 Å². The Morgan fingerprint density at radius 2 is 1.81 bits per heavy atom. The lowest BCUT2D eigenvalue weighted by molar-refractivity contribution is -0.141. The molecule has 0 bridgehead atoms. The van der Waals surface area contributed by atoms with Gasteiger partial charge in [0.2, 0.25) is 11.8 Å². The normalized spacial score (nSPS) is 16.2. The maximum Gasteiger partial charge on any atom is 0.433 e. The van der Waals surface area contributed by atoms with Crippen molar-refractivity contribution in [2.45, 2.75) is 19.6 Å². The summed E-state index contributed by atoms with van der Waals surface area (Å²) in [6.45, 7) is 4.59. The van der Waals surface area contributed by atoms with E-state index in [0.29, 0.717) is 44.4 Å². The molecule has 2 aromatic rings. The van der Waals surface area contributed by atoms with E-state index < -0.39 is 11.9 Å². The van der Waals surface area contributed by atoms with Gasteiger partial charge in [0.1, 0.15) is 5.82 Å². The number of aromatic nitrogens is 4. The molecule has 1 aliphatic heterocycles. The van der Waals surface area contributed by atoms with Crippen LogP contribution in [0.3, 0.4) is 0 Å². The van der Waals surface area contributed by atoms with Gasteiger partial charge in [-0.1, -0.05) is 5.16 Å². The predicted octanol–water partition coefficient (Wildman–Crippen LogP) is 1.58. The van der Waals surface area contributed by atoms with E-state index in [0.717, 1.165) is 6.07 Å². The lowest BCUT2D eigenvalue weighted by atomic mass is 10.3. The molecule has 8 nitrogen and oxygen atoms in total. The van der Waals surface area contributed by atoms with Gasteiger partial charge in [-0.15, -0.1) is 0 Å². The molecule has 1 aliphatic rings. The summed E-state index contributed by atoms with van der Waals surface area (Å²) in [5.41, 5.74) is -0.934. The van der Waals surface area contributed by atoms with E-state index in [1.165, 1.54) is 4.90 Å². The van der Waals surface area contributed by atoms with Crippen molar-refractivity contribution < 1.29 is 17.7 Å². The zero-order valence-corrected chi connectivity index (χ0v) is 14.8. The first-order chi connectivity index (χ1) is 12.2. The number of hydrogen-bond donors (Lipinski definition) is 0. The van der Waals surface area contributed by atoms with Crippen LogP contribution in [0, 0.1) is 6.92 Å². The maximum atomic E-state index is 13.1. The Labute approximate surface area is 148 Å². The predicted molar refractivity (Wildman–Crippen MR) is 87.9 cm³/mol. The van der Waals surface area contributed by atoms with Gasteiger partial charge in [0.25, 0.3) is 0 Å². The van der Waals surface area contributed by atoms with Gasteiger partial charge in [-0.05, 0) is 0 Å². The minimum absolute atomic E-state index is 0.0959. The average Bonchev–Trinajstić information content (AvgIpc) is 2.99. The van der Waals surface area contributed by atoms with Crippen molar-refractivity contribution in [1.29, 1.82) is 0 Å². The van der Waals surface area contributed by atoms with Gasteiger partial charge in [0.15, 0.2) is 11.5 Å². The molecule has 26 heavy (non-hydrogen) atoms. The molecule has 2 aromatic heterocycles. The van der Waals surface area contributed by atoms with E-state index in [4.69, 9.17) is 4.52 Å². The summed E-state index contributed by atoms with van der Waals surface area (Å²) in [5, 5.41) is 3.86. The van der Waals surface area contributed by atoms with E-state index in [1.54, 1.807) is 25.9 Å². The molecular weight excluding hydrogens is 351 g/mol. The van der Waals surface area contributed by atoms with Crippen LogP contribution in [0.15, 0.2) is 10.6 Å². The topological polar surface area (TPSA) is 74.4 Å². The van der Waals surface area contributed by atoms with Crippen molar-refractivity contribution in [2.24, 2.45) is 0 Å². The van der Waals surface area contributed by atoms with Crippen molar-refractivity contribution in [3.8, 4) is 0 Å². The standard InChI is InChI=1S/C15H20F3N7O/c1-10-19-12(22-26-10)9-24-4-6-25(7-5-24)14-20-11(15(16,17)18)8-13(21-14)23(2)3/h8H,4-7,9H2,1-3H3. The zero-order valence-electron chi connectivity index (χ0n) is 14.8. The first kappa shape index (κ1) is 18.4. The summed E-state index contributed by atoms with van der Waals surface area (Å²) >= 11 is 0. The minimum Gasteiger partial charge on any atom is -0.363 e. The number of nitrogens with zero attached hydrogens (tertiary/aromatic N) is 7. The van der Waals surface area contributed by atoms with E-state index in [1.807, 2.05) is 0 Å². The van der Waals surface area contributed by atoms with Crippen LogP contribution in [0.1, 0.15) is 17.4 Å². The van der Waals surface area contributed by atoms with Crippen LogP contribution in [-0.4, -0.2) is 65.3 Å². The van der Waals surface area contributed by atoms with Crippen LogP contribution < -0.4 is 9.80 Å². The summed E-state index contributed by atoms with van der Waals surface area (Å²) in [4.78, 5) is 17.6. The summed E-state index contributed by atoms with van der Waals surface area (Å²) in [7, 11) is 3.30. The molecule has 1 fully saturated rings. The Balaban J connectivity index is 1.71. The molecule has 0 radical (unpaired) electrons. The van der Waals surface area contributed by atoms with Crippen LogP contribution in [0.2, 0.25) is 0 Å². The largest absolute Gasteiger partial charge is 0.433 e. The molecule has 0 spiro atoms. The molecule has 0 N–H and O–H groups in total. The van der Waals surface area contributed by atoms with Crippen molar-refractivity contribution in [1.82, 2.24) is 25.0 Å². The average molecular weight is 371 g/mol. The van der Waals surface area contributed by atoms with E-state index >= 15 is 0 Å². The Bertz CT molecular complexity index is 754. The first-order valence-corrected chi connectivity index (χ1v) is 8.12. The number of hydrogen-bond acceptors (Lipinski definition) is 8. The Hall–Kier alpha value is -2.43. The number of aryl methyl sites for hydroxylation is 1. The molecule has 0 aromatic carbocycles. The van der Waals surface area contributed by atoms with E-state index in [2.05, 4.69) is 25.0 Å². The summed E-state index contributed by atoms with van der Waals surface area (Å²) < 4.78 is 44.3. The number of rotatable bonds is 4. The molecule has 3 heterocycles. The third-order valence-electron chi connectivity index (χ3n) is 4.04. The highest BCUT2D eigenvalue weighted by atomic mass is 19.4. The van der Waals surface area contributed by atoms with Crippen LogP contribution in [0.25, 0.3) is 0 Å².